The summed E-state index contributed by atoms with van der Waals surface area (Å²) in [5.41, 5.74) is 14.1. The van der Waals surface area contributed by atoms with Gasteiger partial charge in [-0.05, 0) is 82.5 Å². The molecule has 0 saturated heterocycles. The SMILES string of the molecule is Cc1ccc(C2(c3ccccc3)c3ccccc3-c3ccc(-c4ccc(C)c(C)c4)cc32)cc1. The largest absolute Gasteiger partial charge is 0.0713 e. The molecule has 0 aliphatic heterocycles. The molecule has 0 nitrogen and oxygen atoms in total. The van der Waals surface area contributed by atoms with E-state index < -0.39 is 0 Å². The second-order valence-electron chi connectivity index (χ2n) is 9.59. The molecule has 0 fully saturated rings. The molecule has 0 saturated carbocycles. The van der Waals surface area contributed by atoms with Gasteiger partial charge in [0.1, 0.15) is 0 Å². The number of rotatable bonds is 3. The maximum atomic E-state index is 2.44. The molecule has 5 aromatic carbocycles. The third-order valence-corrected chi connectivity index (χ3v) is 7.58. The van der Waals surface area contributed by atoms with Gasteiger partial charge in [0, 0.05) is 0 Å². The fraction of sp³-hybridized carbons (Fsp3) is 0.118. The number of hydrogen-bond donors (Lipinski definition) is 0. The second kappa shape index (κ2) is 7.85. The summed E-state index contributed by atoms with van der Waals surface area (Å²) in [6.07, 6.45) is 0. The molecule has 0 bridgehead atoms. The molecule has 164 valence electrons. The summed E-state index contributed by atoms with van der Waals surface area (Å²) >= 11 is 0. The van der Waals surface area contributed by atoms with Crippen molar-refractivity contribution in [3.63, 3.8) is 0 Å². The Hall–Kier alpha value is -3.90. The fourth-order valence-electron chi connectivity index (χ4n) is 5.66. The van der Waals surface area contributed by atoms with Gasteiger partial charge in [-0.15, -0.1) is 0 Å². The topological polar surface area (TPSA) is 0 Å². The number of hydrogen-bond acceptors (Lipinski definition) is 0. The zero-order valence-corrected chi connectivity index (χ0v) is 20.0. The molecular weight excluding hydrogens is 408 g/mol. The minimum atomic E-state index is -0.351. The van der Waals surface area contributed by atoms with Gasteiger partial charge in [0.05, 0.1) is 5.41 Å². The van der Waals surface area contributed by atoms with Crippen LogP contribution in [0.2, 0.25) is 0 Å². The van der Waals surface area contributed by atoms with Crippen molar-refractivity contribution in [2.24, 2.45) is 0 Å². The molecule has 0 aromatic heterocycles. The quantitative estimate of drug-likeness (QED) is 0.260. The van der Waals surface area contributed by atoms with Crippen molar-refractivity contribution in [3.05, 3.63) is 154 Å². The van der Waals surface area contributed by atoms with Crippen LogP contribution in [0.4, 0.5) is 0 Å². The Kier molecular flexibility index (Phi) is 4.78. The minimum absolute atomic E-state index is 0.351. The molecule has 0 N–H and O–H groups in total. The van der Waals surface area contributed by atoms with Crippen LogP contribution in [0.5, 0.6) is 0 Å². The Morgan fingerprint density at radius 3 is 1.82 bits per heavy atom. The molecule has 1 atom stereocenters. The zero-order chi connectivity index (χ0) is 23.3. The van der Waals surface area contributed by atoms with Gasteiger partial charge < -0.3 is 0 Å². The molecule has 0 spiro atoms. The van der Waals surface area contributed by atoms with E-state index in [-0.39, 0.29) is 5.41 Å². The summed E-state index contributed by atoms with van der Waals surface area (Å²) in [4.78, 5) is 0. The Morgan fingerprint density at radius 2 is 1.06 bits per heavy atom. The highest BCUT2D eigenvalue weighted by molar-refractivity contribution is 5.88. The van der Waals surface area contributed by atoms with Gasteiger partial charge in [-0.1, -0.05) is 115 Å². The Labute approximate surface area is 202 Å². The molecular formula is C34H28. The van der Waals surface area contributed by atoms with Crippen LogP contribution in [-0.2, 0) is 5.41 Å². The average Bonchev–Trinajstić information content (AvgIpc) is 3.17. The maximum absolute atomic E-state index is 2.44. The first-order chi connectivity index (χ1) is 16.6. The lowest BCUT2D eigenvalue weighted by Gasteiger charge is -2.34. The number of benzene rings is 5. The molecule has 1 aliphatic rings. The predicted octanol–water partition coefficient (Wildman–Crippen LogP) is 8.64. The van der Waals surface area contributed by atoms with Crippen LogP contribution in [0.25, 0.3) is 22.3 Å². The molecule has 34 heavy (non-hydrogen) atoms. The highest BCUT2D eigenvalue weighted by Crippen LogP contribution is 2.56. The Morgan fingerprint density at radius 1 is 0.441 bits per heavy atom. The van der Waals surface area contributed by atoms with Crippen molar-refractivity contribution < 1.29 is 0 Å². The molecule has 0 heterocycles. The average molecular weight is 437 g/mol. The van der Waals surface area contributed by atoms with Gasteiger partial charge in [0.25, 0.3) is 0 Å². The first kappa shape index (κ1) is 20.7. The van der Waals surface area contributed by atoms with Gasteiger partial charge >= 0.3 is 0 Å². The second-order valence-corrected chi connectivity index (χ2v) is 9.59. The molecule has 5 aromatic rings. The van der Waals surface area contributed by atoms with E-state index in [1.165, 1.54) is 61.2 Å². The van der Waals surface area contributed by atoms with Crippen molar-refractivity contribution in [3.8, 4) is 22.3 Å². The van der Waals surface area contributed by atoms with E-state index in [1.54, 1.807) is 0 Å². The van der Waals surface area contributed by atoms with Crippen molar-refractivity contribution in [1.82, 2.24) is 0 Å². The summed E-state index contributed by atoms with van der Waals surface area (Å²) in [6.45, 7) is 6.53. The summed E-state index contributed by atoms with van der Waals surface area (Å²) < 4.78 is 0. The van der Waals surface area contributed by atoms with Crippen LogP contribution < -0.4 is 0 Å². The molecule has 1 aliphatic carbocycles. The number of fused-ring (bicyclic) bond motifs is 3. The Bertz CT molecular complexity index is 1510. The van der Waals surface area contributed by atoms with Crippen molar-refractivity contribution in [2.75, 3.05) is 0 Å². The molecule has 6 rings (SSSR count). The van der Waals surface area contributed by atoms with E-state index >= 15 is 0 Å². The lowest BCUT2D eigenvalue weighted by Crippen LogP contribution is -2.28. The standard InChI is InChI=1S/C34H28/c1-23-13-18-29(19-14-23)34(28-9-5-4-6-10-28)32-12-8-7-11-30(32)31-20-17-27(22-33(31)34)26-16-15-24(2)25(3)21-26/h4-22H,1-3H3. The van der Waals surface area contributed by atoms with E-state index in [0.717, 1.165) is 0 Å². The van der Waals surface area contributed by atoms with Crippen molar-refractivity contribution in [1.29, 1.82) is 0 Å². The first-order valence-corrected chi connectivity index (χ1v) is 12.0. The molecule has 0 heteroatoms. The Balaban J connectivity index is 1.71. The summed E-state index contributed by atoms with van der Waals surface area (Å²) in [7, 11) is 0. The van der Waals surface area contributed by atoms with E-state index in [4.69, 9.17) is 0 Å². The lowest BCUT2D eigenvalue weighted by molar-refractivity contribution is 0.768. The van der Waals surface area contributed by atoms with Crippen LogP contribution in [0.3, 0.4) is 0 Å². The van der Waals surface area contributed by atoms with Crippen LogP contribution in [0.15, 0.2) is 115 Å². The van der Waals surface area contributed by atoms with Gasteiger partial charge in [-0.2, -0.15) is 0 Å². The maximum Gasteiger partial charge on any atom is 0.0713 e. The highest BCUT2D eigenvalue weighted by Gasteiger charge is 2.46. The molecule has 1 unspecified atom stereocenters. The van der Waals surface area contributed by atoms with Crippen LogP contribution in [0, 0.1) is 20.8 Å². The third-order valence-electron chi connectivity index (χ3n) is 7.58. The van der Waals surface area contributed by atoms with Gasteiger partial charge in [0.2, 0.25) is 0 Å². The highest BCUT2D eigenvalue weighted by atomic mass is 14.5. The fourth-order valence-corrected chi connectivity index (χ4v) is 5.66. The van der Waals surface area contributed by atoms with Crippen molar-refractivity contribution >= 4 is 0 Å². The monoisotopic (exact) mass is 436 g/mol. The predicted molar refractivity (Wildman–Crippen MR) is 143 cm³/mol. The van der Waals surface area contributed by atoms with E-state index in [9.17, 15) is 0 Å². The first-order valence-electron chi connectivity index (χ1n) is 12.0. The van der Waals surface area contributed by atoms with Gasteiger partial charge in [-0.3, -0.25) is 0 Å². The van der Waals surface area contributed by atoms with Crippen LogP contribution in [0.1, 0.15) is 38.9 Å². The lowest BCUT2D eigenvalue weighted by atomic mass is 9.67. The third kappa shape index (κ3) is 2.99. The van der Waals surface area contributed by atoms with Crippen LogP contribution in [-0.4, -0.2) is 0 Å². The van der Waals surface area contributed by atoms with Gasteiger partial charge in [0.15, 0.2) is 0 Å². The summed E-state index contributed by atoms with van der Waals surface area (Å²) in [5.74, 6) is 0. The summed E-state index contributed by atoms with van der Waals surface area (Å²) in [5, 5.41) is 0. The normalized spacial score (nSPS) is 16.2. The smallest absolute Gasteiger partial charge is 0.0622 e. The van der Waals surface area contributed by atoms with E-state index in [2.05, 4.69) is 136 Å². The zero-order valence-electron chi connectivity index (χ0n) is 20.0. The van der Waals surface area contributed by atoms with E-state index in [0.29, 0.717) is 0 Å². The minimum Gasteiger partial charge on any atom is -0.0622 e. The molecule has 0 amide bonds. The summed E-state index contributed by atoms with van der Waals surface area (Å²) in [6, 6.07) is 42.9. The van der Waals surface area contributed by atoms with Crippen LogP contribution >= 0.6 is 0 Å². The van der Waals surface area contributed by atoms with Gasteiger partial charge in [-0.25, -0.2) is 0 Å². The number of aryl methyl sites for hydroxylation is 3. The van der Waals surface area contributed by atoms with Crippen molar-refractivity contribution in [2.45, 2.75) is 26.2 Å². The van der Waals surface area contributed by atoms with E-state index in [1.807, 2.05) is 0 Å². The molecule has 0 radical (unpaired) electrons.